The molecule has 25 heavy (non-hydrogen) atoms. The number of halogens is 1. The zero-order valence-electron chi connectivity index (χ0n) is 13.5. The van der Waals surface area contributed by atoms with E-state index in [2.05, 4.69) is 27.9 Å². The number of amides is 2. The number of alkyl halides is 1. The van der Waals surface area contributed by atoms with E-state index in [0.717, 1.165) is 5.56 Å². The van der Waals surface area contributed by atoms with Crippen molar-refractivity contribution in [2.24, 2.45) is 5.92 Å². The van der Waals surface area contributed by atoms with E-state index in [-0.39, 0.29) is 40.9 Å². The molecule has 0 aliphatic carbocycles. The summed E-state index contributed by atoms with van der Waals surface area (Å²) in [5, 5.41) is 12.3. The molecule has 2 saturated heterocycles. The highest BCUT2D eigenvalue weighted by Crippen LogP contribution is 2.54. The molecular weight excluding hydrogens is 435 g/mol. The number of benzene rings is 1. The maximum Gasteiger partial charge on any atom is 0.246 e. The first-order valence-corrected chi connectivity index (χ1v) is 9.57. The summed E-state index contributed by atoms with van der Waals surface area (Å²) in [4.78, 5) is 27.3. The number of fused-ring (bicyclic) bond motifs is 1. The fourth-order valence-corrected chi connectivity index (χ4v) is 5.38. The molecule has 0 radical (unpaired) electrons. The molecule has 3 heterocycles. The van der Waals surface area contributed by atoms with E-state index in [9.17, 15) is 14.7 Å². The minimum atomic E-state index is -0.913. The number of aliphatic hydroxyl groups excluding tert-OH is 1. The standard InChI is InChI=1S/C18H19IN2O4/c19-14-12-6-7-18(25-12)13(14)17(24)21(8-9-22)15(18)16(23)20-10-11-4-2-1-3-5-11/h1-7,12-15,22H,8-10H2,(H,20,23)/t12-,13-,14+,15+,18-/m1/s1. The van der Waals surface area contributed by atoms with Crippen molar-refractivity contribution >= 4 is 34.4 Å². The van der Waals surface area contributed by atoms with Crippen LogP contribution in [0.2, 0.25) is 0 Å². The highest BCUT2D eigenvalue weighted by molar-refractivity contribution is 14.1. The first kappa shape index (κ1) is 17.0. The van der Waals surface area contributed by atoms with Crippen molar-refractivity contribution in [3.8, 4) is 0 Å². The first-order chi connectivity index (χ1) is 12.1. The topological polar surface area (TPSA) is 78.9 Å². The monoisotopic (exact) mass is 454 g/mol. The van der Waals surface area contributed by atoms with Crippen molar-refractivity contribution < 1.29 is 19.4 Å². The second-order valence-corrected chi connectivity index (χ2v) is 8.02. The number of hydrogen-bond acceptors (Lipinski definition) is 4. The van der Waals surface area contributed by atoms with Gasteiger partial charge < -0.3 is 20.1 Å². The van der Waals surface area contributed by atoms with Gasteiger partial charge in [0, 0.05) is 13.1 Å². The lowest BCUT2D eigenvalue weighted by molar-refractivity contribution is -0.139. The second-order valence-electron chi connectivity index (χ2n) is 6.58. The molecule has 0 saturated carbocycles. The van der Waals surface area contributed by atoms with Crippen molar-refractivity contribution in [1.82, 2.24) is 10.2 Å². The van der Waals surface area contributed by atoms with Gasteiger partial charge in [-0.3, -0.25) is 9.59 Å². The number of aliphatic hydroxyl groups is 1. The summed E-state index contributed by atoms with van der Waals surface area (Å²) in [6, 6.07) is 8.87. The maximum absolute atomic E-state index is 13.0. The summed E-state index contributed by atoms with van der Waals surface area (Å²) in [5.41, 5.74) is 0.0747. The van der Waals surface area contributed by atoms with Crippen LogP contribution in [0.1, 0.15) is 5.56 Å². The number of nitrogens with one attached hydrogen (secondary N) is 1. The predicted octanol–water partition coefficient (Wildman–Crippen LogP) is 0.633. The number of likely N-dealkylation sites (tertiary alicyclic amines) is 1. The number of carbonyl (C=O) groups excluding carboxylic acids is 2. The molecule has 4 rings (SSSR count). The number of carbonyl (C=O) groups is 2. The van der Waals surface area contributed by atoms with Crippen LogP contribution in [0.5, 0.6) is 0 Å². The number of ether oxygens (including phenoxy) is 1. The molecule has 6 nitrogen and oxygen atoms in total. The molecule has 1 aromatic rings. The molecule has 1 spiro atoms. The Morgan fingerprint density at radius 2 is 2.12 bits per heavy atom. The second kappa shape index (κ2) is 6.37. The molecule has 2 amide bonds. The number of hydrogen-bond donors (Lipinski definition) is 2. The van der Waals surface area contributed by atoms with E-state index in [0.29, 0.717) is 6.54 Å². The molecule has 0 unspecified atom stereocenters. The fraction of sp³-hybridized carbons (Fsp3) is 0.444. The van der Waals surface area contributed by atoms with Crippen molar-refractivity contribution in [2.75, 3.05) is 13.2 Å². The van der Waals surface area contributed by atoms with E-state index in [1.165, 1.54) is 4.90 Å². The molecule has 1 aromatic carbocycles. The molecular formula is C18H19IN2O4. The Hall–Kier alpha value is -1.45. The van der Waals surface area contributed by atoms with Crippen LogP contribution in [0.25, 0.3) is 0 Å². The van der Waals surface area contributed by atoms with Crippen LogP contribution in [0, 0.1) is 5.92 Å². The molecule has 3 aliphatic heterocycles. The number of β-amino-alcohol motifs (C(OH)–C–C–N with tert-alkyl or cyclic N) is 1. The van der Waals surface area contributed by atoms with Gasteiger partial charge >= 0.3 is 0 Å². The summed E-state index contributed by atoms with van der Waals surface area (Å²) in [7, 11) is 0. The summed E-state index contributed by atoms with van der Waals surface area (Å²) < 4.78 is 6.11. The van der Waals surface area contributed by atoms with Gasteiger partial charge in [0.15, 0.2) is 0 Å². The summed E-state index contributed by atoms with van der Waals surface area (Å²) >= 11 is 2.24. The van der Waals surface area contributed by atoms with Crippen LogP contribution in [-0.4, -0.2) is 56.6 Å². The van der Waals surface area contributed by atoms with E-state index in [4.69, 9.17) is 4.74 Å². The van der Waals surface area contributed by atoms with Crippen LogP contribution < -0.4 is 5.32 Å². The first-order valence-electron chi connectivity index (χ1n) is 8.33. The quantitative estimate of drug-likeness (QED) is 0.389. The SMILES string of the molecule is O=C(NCc1ccccc1)[C@@H]1N(CCO)C(=O)[C@H]2[C@@H](I)[C@H]3C=C[C@]12O3. The minimum Gasteiger partial charge on any atom is -0.395 e. The van der Waals surface area contributed by atoms with E-state index < -0.39 is 11.6 Å². The van der Waals surface area contributed by atoms with Gasteiger partial charge in [0.25, 0.3) is 0 Å². The number of rotatable bonds is 5. The highest BCUT2D eigenvalue weighted by atomic mass is 127. The lowest BCUT2D eigenvalue weighted by atomic mass is 9.81. The van der Waals surface area contributed by atoms with E-state index >= 15 is 0 Å². The van der Waals surface area contributed by atoms with E-state index in [1.54, 1.807) is 0 Å². The van der Waals surface area contributed by atoms with Gasteiger partial charge in [0.05, 0.1) is 22.6 Å². The van der Waals surface area contributed by atoms with Gasteiger partial charge in [-0.1, -0.05) is 65.1 Å². The predicted molar refractivity (Wildman–Crippen MR) is 98.9 cm³/mol. The van der Waals surface area contributed by atoms with E-state index in [1.807, 2.05) is 42.5 Å². The smallest absolute Gasteiger partial charge is 0.246 e. The average molecular weight is 454 g/mol. The van der Waals surface area contributed by atoms with Crippen LogP contribution in [0.4, 0.5) is 0 Å². The van der Waals surface area contributed by atoms with Crippen LogP contribution >= 0.6 is 22.6 Å². The lowest BCUT2D eigenvalue weighted by Gasteiger charge is -2.31. The molecule has 3 aliphatic rings. The Morgan fingerprint density at radius 1 is 1.36 bits per heavy atom. The third kappa shape index (κ3) is 2.51. The molecule has 2 bridgehead atoms. The van der Waals surface area contributed by atoms with Gasteiger partial charge in [0.2, 0.25) is 11.8 Å². The van der Waals surface area contributed by atoms with Gasteiger partial charge in [-0.05, 0) is 5.56 Å². The van der Waals surface area contributed by atoms with Crippen molar-refractivity contribution in [2.45, 2.75) is 28.2 Å². The van der Waals surface area contributed by atoms with Gasteiger partial charge in [-0.2, -0.15) is 0 Å². The Bertz CT molecular complexity index is 725. The molecule has 5 atom stereocenters. The van der Waals surface area contributed by atoms with Crippen molar-refractivity contribution in [3.05, 3.63) is 48.0 Å². The number of nitrogens with zero attached hydrogens (tertiary/aromatic N) is 1. The van der Waals surface area contributed by atoms with Crippen LogP contribution in [0.3, 0.4) is 0 Å². The van der Waals surface area contributed by atoms with Gasteiger partial charge in [-0.25, -0.2) is 0 Å². The molecule has 2 N–H and O–H groups in total. The fourth-order valence-electron chi connectivity index (χ4n) is 4.13. The summed E-state index contributed by atoms with van der Waals surface area (Å²) in [6.45, 7) is 0.334. The molecule has 7 heteroatoms. The maximum atomic E-state index is 13.0. The summed E-state index contributed by atoms with van der Waals surface area (Å²) in [6.07, 6.45) is 3.69. The third-order valence-corrected chi connectivity index (χ3v) is 6.62. The van der Waals surface area contributed by atoms with Gasteiger partial charge in [-0.15, -0.1) is 0 Å². The Labute approximate surface area is 159 Å². The lowest BCUT2D eigenvalue weighted by Crippen LogP contribution is -2.54. The Morgan fingerprint density at radius 3 is 2.84 bits per heavy atom. The van der Waals surface area contributed by atoms with Gasteiger partial charge in [0.1, 0.15) is 11.6 Å². The van der Waals surface area contributed by atoms with Crippen LogP contribution in [0.15, 0.2) is 42.5 Å². The normalized spacial score (nSPS) is 35.3. The van der Waals surface area contributed by atoms with Crippen LogP contribution in [-0.2, 0) is 20.9 Å². The largest absolute Gasteiger partial charge is 0.395 e. The van der Waals surface area contributed by atoms with Crippen molar-refractivity contribution in [1.29, 1.82) is 0 Å². The molecule has 0 aromatic heterocycles. The molecule has 2 fully saturated rings. The van der Waals surface area contributed by atoms with Crippen molar-refractivity contribution in [3.63, 3.8) is 0 Å². The highest BCUT2D eigenvalue weighted by Gasteiger charge is 2.70. The Balaban J connectivity index is 1.60. The zero-order valence-corrected chi connectivity index (χ0v) is 15.6. The third-order valence-electron chi connectivity index (χ3n) is 5.19. The molecule has 132 valence electrons. The average Bonchev–Trinajstić information content (AvgIpc) is 3.23. The Kier molecular flexibility index (Phi) is 4.33. The summed E-state index contributed by atoms with van der Waals surface area (Å²) in [5.74, 6) is -0.730. The minimum absolute atomic E-state index is 0.00298. The zero-order chi connectivity index (χ0) is 17.6.